The van der Waals surface area contributed by atoms with E-state index >= 15 is 0 Å². The maximum atomic E-state index is 13.3. The zero-order valence-electron chi connectivity index (χ0n) is 35.9. The van der Waals surface area contributed by atoms with Gasteiger partial charge in [-0.2, -0.15) is 10.2 Å². The third-order valence-corrected chi connectivity index (χ3v) is 11.2. The molecule has 0 saturated carbocycles. The summed E-state index contributed by atoms with van der Waals surface area (Å²) < 4.78 is 45.3. The number of nitrogens with zero attached hydrogens (tertiary/aromatic N) is 12. The number of fused-ring (bicyclic) bond motifs is 2. The van der Waals surface area contributed by atoms with E-state index in [9.17, 15) is 8.78 Å². The van der Waals surface area contributed by atoms with Crippen molar-refractivity contribution in [3.63, 3.8) is 0 Å². The summed E-state index contributed by atoms with van der Waals surface area (Å²) in [4.78, 5) is 27.1. The number of aromatic nitrogens is 12. The number of pyridine rings is 2. The number of imidazole rings is 2. The van der Waals surface area contributed by atoms with Gasteiger partial charge in [-0.05, 0) is 122 Å². The summed E-state index contributed by atoms with van der Waals surface area (Å²) in [5, 5.41) is 9.30. The Balaban J connectivity index is 0.000000162. The molecule has 10 rings (SSSR count). The Bertz CT molecular complexity index is 2750. The highest BCUT2D eigenvalue weighted by Gasteiger charge is 2.27. The molecule has 64 heavy (non-hydrogen) atoms. The molecule has 324 valence electrons. The lowest BCUT2D eigenvalue weighted by atomic mass is 9.91. The molecule has 0 amide bonds. The summed E-state index contributed by atoms with van der Waals surface area (Å²) in [6.07, 6.45) is 22.4. The summed E-state index contributed by atoms with van der Waals surface area (Å²) in [7, 11) is 3.25. The van der Waals surface area contributed by atoms with Gasteiger partial charge in [0.2, 0.25) is 0 Å². The van der Waals surface area contributed by atoms with Gasteiger partial charge in [-0.3, -0.25) is 9.13 Å². The molecule has 14 nitrogen and oxygen atoms in total. The summed E-state index contributed by atoms with van der Waals surface area (Å²) in [5.41, 5.74) is 5.71. The van der Waals surface area contributed by atoms with Crippen LogP contribution in [0.2, 0.25) is 0 Å². The molecule has 0 saturated heterocycles. The predicted molar refractivity (Wildman–Crippen MR) is 238 cm³/mol. The van der Waals surface area contributed by atoms with Crippen molar-refractivity contribution in [3.8, 4) is 23.1 Å². The van der Waals surface area contributed by atoms with Crippen molar-refractivity contribution < 1.29 is 18.3 Å². The van der Waals surface area contributed by atoms with Crippen molar-refractivity contribution in [3.05, 3.63) is 167 Å². The van der Waals surface area contributed by atoms with E-state index < -0.39 is 0 Å². The molecular formula is C48H46F2N12O2. The largest absolute Gasteiger partial charge is 0.493 e. The Hall–Kier alpha value is -7.62. The Morgan fingerprint density at radius 2 is 1.00 bits per heavy atom. The lowest BCUT2D eigenvalue weighted by molar-refractivity contribution is 0.410. The van der Waals surface area contributed by atoms with Crippen LogP contribution >= 0.6 is 0 Å². The van der Waals surface area contributed by atoms with E-state index in [1.807, 2.05) is 105 Å². The molecule has 8 heterocycles. The van der Waals surface area contributed by atoms with Gasteiger partial charge in [0, 0.05) is 49.7 Å². The minimum atomic E-state index is -0.229. The van der Waals surface area contributed by atoms with Crippen molar-refractivity contribution in [2.24, 2.45) is 0 Å². The maximum absolute atomic E-state index is 13.3. The van der Waals surface area contributed by atoms with E-state index in [1.54, 1.807) is 39.3 Å². The third kappa shape index (κ3) is 9.12. The quantitative estimate of drug-likeness (QED) is 0.131. The summed E-state index contributed by atoms with van der Waals surface area (Å²) in [6, 6.07) is 17.2. The fraction of sp³-hybridized carbons (Fsp3) is 0.250. The van der Waals surface area contributed by atoms with Gasteiger partial charge in [0.05, 0.1) is 25.6 Å². The Morgan fingerprint density at radius 3 is 1.38 bits per heavy atom. The van der Waals surface area contributed by atoms with Crippen LogP contribution in [-0.2, 0) is 13.1 Å². The van der Waals surface area contributed by atoms with Crippen molar-refractivity contribution in [1.82, 2.24) is 58.6 Å². The maximum Gasteiger partial charge on any atom is 0.180 e. The van der Waals surface area contributed by atoms with Crippen LogP contribution in [0.4, 0.5) is 8.78 Å². The molecule has 0 unspecified atom stereocenters. The number of ether oxygens (including phenoxy) is 2. The van der Waals surface area contributed by atoms with Gasteiger partial charge in [-0.1, -0.05) is 24.3 Å². The average Bonchev–Trinajstić information content (AvgIpc) is 4.15. The zero-order chi connectivity index (χ0) is 44.2. The SMILES string of the molecule is COc1cc(/C=C/c2nc3n(n2)CCC[C@@H]3c2ccc(F)cc2)cnc1-n1cnc(C)c1.COc1cc(/C=C/c2nc3n(n2)CCC[C@H]3c2ccc(F)cc2)cnc1-n1cnc(C)c1. The van der Waals surface area contributed by atoms with Gasteiger partial charge in [-0.15, -0.1) is 0 Å². The molecule has 0 N–H and O–H groups in total. The molecule has 2 aliphatic rings. The second-order valence-corrected chi connectivity index (χ2v) is 15.7. The van der Waals surface area contributed by atoms with E-state index in [-0.39, 0.29) is 23.5 Å². The first-order valence-corrected chi connectivity index (χ1v) is 21.1. The number of benzene rings is 2. The number of aryl methyl sites for hydroxylation is 4. The number of hydrogen-bond donors (Lipinski definition) is 0. The van der Waals surface area contributed by atoms with Gasteiger partial charge in [0.25, 0.3) is 0 Å². The molecule has 8 aromatic rings. The smallest absolute Gasteiger partial charge is 0.180 e. The Morgan fingerprint density at radius 1 is 0.578 bits per heavy atom. The topological polar surface area (TPSA) is 141 Å². The average molecular weight is 861 g/mol. The van der Waals surface area contributed by atoms with Crippen molar-refractivity contribution in [1.29, 1.82) is 0 Å². The Labute approximate surface area is 368 Å². The third-order valence-electron chi connectivity index (χ3n) is 11.2. The monoisotopic (exact) mass is 860 g/mol. The highest BCUT2D eigenvalue weighted by atomic mass is 19.1. The lowest BCUT2D eigenvalue weighted by Gasteiger charge is -2.22. The van der Waals surface area contributed by atoms with Gasteiger partial charge in [0.15, 0.2) is 34.8 Å². The van der Waals surface area contributed by atoms with E-state index in [0.717, 1.165) is 84.1 Å². The molecule has 6 aromatic heterocycles. The van der Waals surface area contributed by atoms with E-state index in [4.69, 9.17) is 19.4 Å². The predicted octanol–water partition coefficient (Wildman–Crippen LogP) is 8.82. The Kier molecular flexibility index (Phi) is 12.0. The van der Waals surface area contributed by atoms with Crippen LogP contribution in [0.3, 0.4) is 0 Å². The van der Waals surface area contributed by atoms with Gasteiger partial charge < -0.3 is 9.47 Å². The molecule has 2 aliphatic heterocycles. The first-order valence-electron chi connectivity index (χ1n) is 21.1. The molecule has 16 heteroatoms. The second kappa shape index (κ2) is 18.4. The molecule has 0 bridgehead atoms. The van der Waals surface area contributed by atoms with E-state index in [1.165, 1.54) is 24.3 Å². The summed E-state index contributed by atoms with van der Waals surface area (Å²) >= 11 is 0. The highest BCUT2D eigenvalue weighted by Crippen LogP contribution is 2.34. The number of halogens is 2. The second-order valence-electron chi connectivity index (χ2n) is 15.7. The fourth-order valence-corrected chi connectivity index (χ4v) is 8.09. The van der Waals surface area contributed by atoms with Gasteiger partial charge in [0.1, 0.15) is 35.9 Å². The van der Waals surface area contributed by atoms with Crippen LogP contribution in [0.25, 0.3) is 35.9 Å². The molecule has 0 fully saturated rings. The first-order chi connectivity index (χ1) is 31.2. The minimum absolute atomic E-state index is 0.124. The molecule has 0 spiro atoms. The summed E-state index contributed by atoms with van der Waals surface area (Å²) in [6.45, 7) is 5.53. The van der Waals surface area contributed by atoms with Crippen LogP contribution in [-0.4, -0.2) is 72.8 Å². The summed E-state index contributed by atoms with van der Waals surface area (Å²) in [5.74, 6) is 5.58. The highest BCUT2D eigenvalue weighted by molar-refractivity contribution is 5.68. The standard InChI is InChI=1S/2C24H23FN6O/c2*1-16-14-30(15-27-16)24-21(32-2)12-17(13-26-24)5-10-22-28-23-20(4-3-11-31(23)29-22)18-6-8-19(25)9-7-18/h2*5-10,12-15,20H,3-4,11H2,1-2H3/b2*10-5+/t2*20-/m10/s1. The van der Waals surface area contributed by atoms with Crippen LogP contribution in [0.15, 0.2) is 98.1 Å². The van der Waals surface area contributed by atoms with Gasteiger partial charge >= 0.3 is 0 Å². The van der Waals surface area contributed by atoms with Gasteiger partial charge in [-0.25, -0.2) is 48.0 Å². The minimum Gasteiger partial charge on any atom is -0.493 e. The first kappa shape index (κ1) is 41.7. The fourth-order valence-electron chi connectivity index (χ4n) is 8.09. The molecule has 0 radical (unpaired) electrons. The number of hydrogen-bond acceptors (Lipinski definition) is 10. The molecule has 0 aliphatic carbocycles. The molecule has 2 aromatic carbocycles. The number of rotatable bonds is 10. The van der Waals surface area contributed by atoms with E-state index in [2.05, 4.69) is 30.1 Å². The van der Waals surface area contributed by atoms with Crippen molar-refractivity contribution in [2.75, 3.05) is 14.2 Å². The molecular weight excluding hydrogens is 815 g/mol. The van der Waals surface area contributed by atoms with E-state index in [0.29, 0.717) is 34.8 Å². The van der Waals surface area contributed by atoms with Crippen LogP contribution in [0, 0.1) is 25.5 Å². The zero-order valence-corrected chi connectivity index (χ0v) is 35.9. The van der Waals surface area contributed by atoms with Crippen LogP contribution in [0.5, 0.6) is 11.5 Å². The number of methoxy groups -OCH3 is 2. The van der Waals surface area contributed by atoms with Crippen LogP contribution in [0.1, 0.15) is 94.5 Å². The van der Waals surface area contributed by atoms with Crippen LogP contribution < -0.4 is 9.47 Å². The van der Waals surface area contributed by atoms with Crippen molar-refractivity contribution >= 4 is 24.3 Å². The normalized spacial score (nSPS) is 15.8. The lowest BCUT2D eigenvalue weighted by Crippen LogP contribution is -2.17. The molecule has 2 atom stereocenters. The van der Waals surface area contributed by atoms with Crippen molar-refractivity contribution in [2.45, 2.75) is 64.5 Å².